The Hall–Kier alpha value is -2.73. The van der Waals surface area contributed by atoms with Gasteiger partial charge in [-0.05, 0) is 24.5 Å². The molecule has 2 aromatic heterocycles. The molecule has 3 aromatic rings. The molecule has 0 saturated heterocycles. The molecule has 24 heavy (non-hydrogen) atoms. The van der Waals surface area contributed by atoms with E-state index < -0.39 is 0 Å². The molecule has 1 saturated carbocycles. The van der Waals surface area contributed by atoms with Crippen LogP contribution in [0.15, 0.2) is 36.0 Å². The second-order valence-corrected chi connectivity index (χ2v) is 6.68. The second kappa shape index (κ2) is 6.05. The summed E-state index contributed by atoms with van der Waals surface area (Å²) in [5.74, 6) is 0.480. The number of amides is 1. The normalized spacial score (nSPS) is 14.3. The SMILES string of the molecule is Nc1ncnc2c(/C=C/c3ccccc3C(=O)NC3CC3)csc12. The van der Waals surface area contributed by atoms with E-state index in [-0.39, 0.29) is 5.91 Å². The topological polar surface area (TPSA) is 80.9 Å². The van der Waals surface area contributed by atoms with E-state index >= 15 is 0 Å². The average Bonchev–Trinajstić information content (AvgIpc) is 3.31. The van der Waals surface area contributed by atoms with Crippen molar-refractivity contribution < 1.29 is 4.79 Å². The lowest BCUT2D eigenvalue weighted by Gasteiger charge is -2.06. The van der Waals surface area contributed by atoms with Gasteiger partial charge in [-0.25, -0.2) is 9.97 Å². The van der Waals surface area contributed by atoms with Crippen molar-refractivity contribution in [3.8, 4) is 0 Å². The Morgan fingerprint density at radius 1 is 1.21 bits per heavy atom. The average molecular weight is 336 g/mol. The van der Waals surface area contributed by atoms with Crippen LogP contribution in [0.3, 0.4) is 0 Å². The number of nitrogens with two attached hydrogens (primary N) is 1. The second-order valence-electron chi connectivity index (χ2n) is 5.80. The molecular weight excluding hydrogens is 320 g/mol. The molecule has 0 aliphatic heterocycles. The number of anilines is 1. The minimum atomic E-state index is -0.0144. The molecule has 0 spiro atoms. The van der Waals surface area contributed by atoms with Crippen LogP contribution in [0.2, 0.25) is 0 Å². The Kier molecular flexibility index (Phi) is 3.74. The lowest BCUT2D eigenvalue weighted by atomic mass is 10.1. The van der Waals surface area contributed by atoms with Crippen molar-refractivity contribution in [1.82, 2.24) is 15.3 Å². The van der Waals surface area contributed by atoms with Gasteiger partial charge in [0.05, 0.1) is 10.2 Å². The third-order valence-electron chi connectivity index (χ3n) is 3.97. The number of thiophene rings is 1. The maximum absolute atomic E-state index is 12.4. The number of hydrogen-bond donors (Lipinski definition) is 2. The molecule has 0 unspecified atom stereocenters. The van der Waals surface area contributed by atoms with Crippen LogP contribution >= 0.6 is 11.3 Å². The Bertz CT molecular complexity index is 943. The fourth-order valence-corrected chi connectivity index (χ4v) is 3.42. The molecule has 6 heteroatoms. The van der Waals surface area contributed by atoms with Gasteiger partial charge in [0, 0.05) is 22.5 Å². The first kappa shape index (κ1) is 14.8. The summed E-state index contributed by atoms with van der Waals surface area (Å²) < 4.78 is 0.886. The third-order valence-corrected chi connectivity index (χ3v) is 4.98. The van der Waals surface area contributed by atoms with Crippen molar-refractivity contribution in [2.75, 3.05) is 5.73 Å². The van der Waals surface area contributed by atoms with Gasteiger partial charge < -0.3 is 11.1 Å². The highest BCUT2D eigenvalue weighted by atomic mass is 32.1. The summed E-state index contributed by atoms with van der Waals surface area (Å²) in [6.07, 6.45) is 7.53. The summed E-state index contributed by atoms with van der Waals surface area (Å²) in [4.78, 5) is 20.7. The van der Waals surface area contributed by atoms with Crippen LogP contribution < -0.4 is 11.1 Å². The molecule has 0 radical (unpaired) electrons. The molecule has 1 amide bonds. The first-order valence-electron chi connectivity index (χ1n) is 7.78. The summed E-state index contributed by atoms with van der Waals surface area (Å²) in [6, 6.07) is 7.95. The third kappa shape index (κ3) is 2.88. The lowest BCUT2D eigenvalue weighted by Crippen LogP contribution is -2.25. The van der Waals surface area contributed by atoms with Gasteiger partial charge in [0.25, 0.3) is 5.91 Å². The van der Waals surface area contributed by atoms with Gasteiger partial charge in [0.1, 0.15) is 12.1 Å². The van der Waals surface area contributed by atoms with Crippen LogP contribution in [-0.4, -0.2) is 21.9 Å². The van der Waals surface area contributed by atoms with E-state index in [1.54, 1.807) is 0 Å². The number of hydrogen-bond acceptors (Lipinski definition) is 5. The van der Waals surface area contributed by atoms with Crippen LogP contribution in [0.25, 0.3) is 22.4 Å². The van der Waals surface area contributed by atoms with E-state index in [1.807, 2.05) is 41.8 Å². The molecule has 120 valence electrons. The number of benzene rings is 1. The number of rotatable bonds is 4. The fourth-order valence-electron chi connectivity index (χ4n) is 2.53. The van der Waals surface area contributed by atoms with Crippen molar-refractivity contribution in [3.63, 3.8) is 0 Å². The summed E-state index contributed by atoms with van der Waals surface area (Å²) in [5.41, 5.74) is 9.26. The number of nitrogens with one attached hydrogen (secondary N) is 1. The van der Waals surface area contributed by atoms with Gasteiger partial charge in [-0.3, -0.25) is 4.79 Å². The number of carbonyl (C=O) groups is 1. The van der Waals surface area contributed by atoms with Crippen molar-refractivity contribution >= 4 is 45.4 Å². The van der Waals surface area contributed by atoms with Gasteiger partial charge >= 0.3 is 0 Å². The molecule has 2 heterocycles. The smallest absolute Gasteiger partial charge is 0.252 e. The van der Waals surface area contributed by atoms with Crippen LogP contribution in [0.5, 0.6) is 0 Å². The standard InChI is InChI=1S/C18H16N4OS/c19-17-16-15(20-10-21-17)12(9-24-16)6-5-11-3-1-2-4-14(11)18(23)22-13-7-8-13/h1-6,9-10,13H,7-8H2,(H,22,23)(H2,19,20,21)/b6-5+. The fraction of sp³-hybridized carbons (Fsp3) is 0.167. The van der Waals surface area contributed by atoms with Crippen LogP contribution in [0.4, 0.5) is 5.82 Å². The van der Waals surface area contributed by atoms with Crippen molar-refractivity contribution in [3.05, 3.63) is 52.7 Å². The summed E-state index contributed by atoms with van der Waals surface area (Å²) in [5, 5.41) is 5.03. The van der Waals surface area contributed by atoms with E-state index in [1.165, 1.54) is 17.7 Å². The molecule has 1 aliphatic rings. The van der Waals surface area contributed by atoms with E-state index in [0.29, 0.717) is 17.4 Å². The van der Waals surface area contributed by atoms with Gasteiger partial charge in [0.15, 0.2) is 0 Å². The highest BCUT2D eigenvalue weighted by Gasteiger charge is 2.24. The maximum atomic E-state index is 12.4. The number of nitrogens with zero attached hydrogens (tertiary/aromatic N) is 2. The molecule has 5 nitrogen and oxygen atoms in total. The molecule has 0 bridgehead atoms. The summed E-state index contributed by atoms with van der Waals surface area (Å²) in [7, 11) is 0. The van der Waals surface area contributed by atoms with Crippen molar-refractivity contribution in [2.24, 2.45) is 0 Å². The van der Waals surface area contributed by atoms with Crippen molar-refractivity contribution in [1.29, 1.82) is 0 Å². The monoisotopic (exact) mass is 336 g/mol. The zero-order chi connectivity index (χ0) is 16.5. The van der Waals surface area contributed by atoms with E-state index in [0.717, 1.165) is 34.2 Å². The van der Waals surface area contributed by atoms with Crippen LogP contribution in [-0.2, 0) is 0 Å². The van der Waals surface area contributed by atoms with E-state index in [4.69, 9.17) is 5.73 Å². The number of fused-ring (bicyclic) bond motifs is 1. The first-order chi connectivity index (χ1) is 11.7. The highest BCUT2D eigenvalue weighted by Crippen LogP contribution is 2.29. The molecular formula is C18H16N4OS. The Balaban J connectivity index is 1.65. The zero-order valence-electron chi connectivity index (χ0n) is 12.9. The van der Waals surface area contributed by atoms with E-state index in [9.17, 15) is 4.79 Å². The maximum Gasteiger partial charge on any atom is 0.252 e. The minimum Gasteiger partial charge on any atom is -0.382 e. The molecule has 1 aromatic carbocycles. The quantitative estimate of drug-likeness (QED) is 0.766. The lowest BCUT2D eigenvalue weighted by molar-refractivity contribution is 0.0951. The minimum absolute atomic E-state index is 0.0144. The predicted octanol–water partition coefficient (Wildman–Crippen LogP) is 3.34. The number of aromatic nitrogens is 2. The first-order valence-corrected chi connectivity index (χ1v) is 8.66. The molecule has 4 rings (SSSR count). The molecule has 1 fully saturated rings. The molecule has 3 N–H and O–H groups in total. The Labute approximate surface area is 143 Å². The largest absolute Gasteiger partial charge is 0.382 e. The van der Waals surface area contributed by atoms with Gasteiger partial charge in [-0.1, -0.05) is 30.4 Å². The van der Waals surface area contributed by atoms with Gasteiger partial charge in [0.2, 0.25) is 0 Å². The predicted molar refractivity (Wildman–Crippen MR) is 97.7 cm³/mol. The van der Waals surface area contributed by atoms with Gasteiger partial charge in [-0.2, -0.15) is 0 Å². The summed E-state index contributed by atoms with van der Waals surface area (Å²) >= 11 is 1.52. The van der Waals surface area contributed by atoms with Crippen LogP contribution in [0, 0.1) is 0 Å². The van der Waals surface area contributed by atoms with Crippen molar-refractivity contribution in [2.45, 2.75) is 18.9 Å². The van der Waals surface area contributed by atoms with Gasteiger partial charge in [-0.15, -0.1) is 11.3 Å². The Morgan fingerprint density at radius 2 is 2.00 bits per heavy atom. The number of nitrogen functional groups attached to an aromatic ring is 1. The Morgan fingerprint density at radius 3 is 2.83 bits per heavy atom. The highest BCUT2D eigenvalue weighted by molar-refractivity contribution is 7.18. The summed E-state index contributed by atoms with van der Waals surface area (Å²) in [6.45, 7) is 0. The molecule has 1 aliphatic carbocycles. The number of carbonyl (C=O) groups excluding carboxylic acids is 1. The van der Waals surface area contributed by atoms with E-state index in [2.05, 4.69) is 15.3 Å². The molecule has 0 atom stereocenters. The zero-order valence-corrected chi connectivity index (χ0v) is 13.7. The van der Waals surface area contributed by atoms with Crippen LogP contribution in [0.1, 0.15) is 34.3 Å².